The van der Waals surface area contributed by atoms with Gasteiger partial charge in [-0.15, -0.1) is 0 Å². The van der Waals surface area contributed by atoms with Crippen LogP contribution in [0.5, 0.6) is 5.75 Å². The summed E-state index contributed by atoms with van der Waals surface area (Å²) in [5, 5.41) is 3.97. The highest BCUT2D eigenvalue weighted by Gasteiger charge is 2.18. The molecule has 0 radical (unpaired) electrons. The second-order valence-corrected chi connectivity index (χ2v) is 7.89. The number of hydrogen-bond donors (Lipinski definition) is 1. The first kappa shape index (κ1) is 21.3. The standard InChI is InChI=1S/C25H29N3O3/c1-28(21-11-14-30-15-12-21)13-16-31-22-7-4-5-19(17-22)18-26-25(29)24-10-9-20-6-2-3-8-23(20)27-24/h2-10,17,21H,11-16,18H2,1H3,(H,26,29). The monoisotopic (exact) mass is 419 g/mol. The van der Waals surface area contributed by atoms with Crippen molar-refractivity contribution in [2.24, 2.45) is 0 Å². The summed E-state index contributed by atoms with van der Waals surface area (Å²) in [6.07, 6.45) is 2.16. The van der Waals surface area contributed by atoms with E-state index in [0.29, 0.717) is 24.9 Å². The number of nitrogens with zero attached hydrogens (tertiary/aromatic N) is 2. The van der Waals surface area contributed by atoms with E-state index < -0.39 is 0 Å². The molecule has 1 aliphatic heterocycles. The smallest absolute Gasteiger partial charge is 0.270 e. The van der Waals surface area contributed by atoms with E-state index in [1.54, 1.807) is 6.07 Å². The summed E-state index contributed by atoms with van der Waals surface area (Å²) in [6, 6.07) is 19.9. The number of para-hydroxylation sites is 1. The van der Waals surface area contributed by atoms with Crippen molar-refractivity contribution in [3.8, 4) is 5.75 Å². The highest BCUT2D eigenvalue weighted by Crippen LogP contribution is 2.16. The largest absolute Gasteiger partial charge is 0.492 e. The molecular formula is C25H29N3O3. The lowest BCUT2D eigenvalue weighted by Crippen LogP contribution is -2.38. The molecule has 0 unspecified atom stereocenters. The van der Waals surface area contributed by atoms with E-state index in [1.165, 1.54) is 0 Å². The van der Waals surface area contributed by atoms with Crippen molar-refractivity contribution in [3.05, 3.63) is 71.9 Å². The van der Waals surface area contributed by atoms with Crippen LogP contribution in [0, 0.1) is 0 Å². The first-order chi connectivity index (χ1) is 15.2. The summed E-state index contributed by atoms with van der Waals surface area (Å²) in [6.45, 7) is 3.62. The zero-order valence-corrected chi connectivity index (χ0v) is 17.9. The van der Waals surface area contributed by atoms with Crippen LogP contribution in [0.4, 0.5) is 0 Å². The first-order valence-electron chi connectivity index (χ1n) is 10.8. The summed E-state index contributed by atoms with van der Waals surface area (Å²) in [7, 11) is 2.14. The van der Waals surface area contributed by atoms with Crippen molar-refractivity contribution in [2.75, 3.05) is 33.4 Å². The number of pyridine rings is 1. The molecule has 1 fully saturated rings. The summed E-state index contributed by atoms with van der Waals surface area (Å²) >= 11 is 0. The SMILES string of the molecule is CN(CCOc1cccc(CNC(=O)c2ccc3ccccc3n2)c1)C1CCOCC1. The van der Waals surface area contributed by atoms with Crippen molar-refractivity contribution in [3.63, 3.8) is 0 Å². The number of fused-ring (bicyclic) bond motifs is 1. The summed E-state index contributed by atoms with van der Waals surface area (Å²) in [5.41, 5.74) is 2.22. The Morgan fingerprint density at radius 3 is 2.84 bits per heavy atom. The van der Waals surface area contributed by atoms with Gasteiger partial charge in [-0.25, -0.2) is 4.98 Å². The number of amides is 1. The number of aromatic nitrogens is 1. The molecule has 31 heavy (non-hydrogen) atoms. The molecule has 0 aliphatic carbocycles. The quantitative estimate of drug-likeness (QED) is 0.604. The van der Waals surface area contributed by atoms with Gasteiger partial charge in [0.1, 0.15) is 18.1 Å². The van der Waals surface area contributed by atoms with Crippen LogP contribution in [0.15, 0.2) is 60.7 Å². The van der Waals surface area contributed by atoms with Gasteiger partial charge < -0.3 is 14.8 Å². The summed E-state index contributed by atoms with van der Waals surface area (Å²) in [5.74, 6) is 0.631. The molecule has 4 rings (SSSR count). The van der Waals surface area contributed by atoms with Gasteiger partial charge in [-0.05, 0) is 49.7 Å². The zero-order valence-electron chi connectivity index (χ0n) is 17.9. The lowest BCUT2D eigenvalue weighted by molar-refractivity contribution is 0.0392. The third-order valence-corrected chi connectivity index (χ3v) is 5.71. The van der Waals surface area contributed by atoms with Gasteiger partial charge in [0, 0.05) is 37.7 Å². The Kier molecular flexibility index (Phi) is 7.12. The third kappa shape index (κ3) is 5.81. The van der Waals surface area contributed by atoms with E-state index >= 15 is 0 Å². The van der Waals surface area contributed by atoms with E-state index in [-0.39, 0.29) is 5.91 Å². The molecule has 1 amide bonds. The van der Waals surface area contributed by atoms with Crippen molar-refractivity contribution >= 4 is 16.8 Å². The van der Waals surface area contributed by atoms with Crippen molar-refractivity contribution in [1.82, 2.24) is 15.2 Å². The molecule has 2 aromatic carbocycles. The van der Waals surface area contributed by atoms with Gasteiger partial charge in [0.05, 0.1) is 5.52 Å². The molecule has 0 spiro atoms. The van der Waals surface area contributed by atoms with Crippen LogP contribution >= 0.6 is 0 Å². The van der Waals surface area contributed by atoms with Crippen molar-refractivity contribution in [2.45, 2.75) is 25.4 Å². The van der Waals surface area contributed by atoms with Gasteiger partial charge in [-0.2, -0.15) is 0 Å². The van der Waals surface area contributed by atoms with E-state index in [1.807, 2.05) is 54.6 Å². The Morgan fingerprint density at radius 1 is 1.13 bits per heavy atom. The molecule has 3 aromatic rings. The van der Waals surface area contributed by atoms with Crippen LogP contribution < -0.4 is 10.1 Å². The lowest BCUT2D eigenvalue weighted by atomic mass is 10.1. The maximum atomic E-state index is 12.5. The highest BCUT2D eigenvalue weighted by atomic mass is 16.5. The highest BCUT2D eigenvalue weighted by molar-refractivity contribution is 5.94. The molecular weight excluding hydrogens is 390 g/mol. The number of nitrogens with one attached hydrogen (secondary N) is 1. The maximum absolute atomic E-state index is 12.5. The maximum Gasteiger partial charge on any atom is 0.270 e. The topological polar surface area (TPSA) is 63.7 Å². The average molecular weight is 420 g/mol. The lowest BCUT2D eigenvalue weighted by Gasteiger charge is -2.31. The van der Waals surface area contributed by atoms with Crippen LogP contribution in [0.2, 0.25) is 0 Å². The molecule has 1 aliphatic rings. The Hall–Kier alpha value is -2.96. The van der Waals surface area contributed by atoms with Gasteiger partial charge in [0.25, 0.3) is 5.91 Å². The fourth-order valence-electron chi connectivity index (χ4n) is 3.83. The van der Waals surface area contributed by atoms with E-state index in [4.69, 9.17) is 9.47 Å². The molecule has 2 heterocycles. The van der Waals surface area contributed by atoms with Crippen LogP contribution in [0.25, 0.3) is 10.9 Å². The normalized spacial score (nSPS) is 14.6. The zero-order chi connectivity index (χ0) is 21.5. The number of carbonyl (C=O) groups is 1. The minimum absolute atomic E-state index is 0.185. The van der Waals surface area contributed by atoms with Gasteiger partial charge in [0.15, 0.2) is 0 Å². The predicted molar refractivity (Wildman–Crippen MR) is 121 cm³/mol. The molecule has 1 saturated heterocycles. The van der Waals surface area contributed by atoms with E-state index in [9.17, 15) is 4.79 Å². The Balaban J connectivity index is 1.27. The average Bonchev–Trinajstić information content (AvgIpc) is 2.83. The minimum atomic E-state index is -0.185. The number of hydrogen-bond acceptors (Lipinski definition) is 5. The fourth-order valence-corrected chi connectivity index (χ4v) is 3.83. The number of rotatable bonds is 8. The van der Waals surface area contributed by atoms with Crippen LogP contribution in [-0.2, 0) is 11.3 Å². The van der Waals surface area contributed by atoms with E-state index in [0.717, 1.165) is 54.8 Å². The predicted octanol–water partition coefficient (Wildman–Crippen LogP) is 3.65. The Bertz CT molecular complexity index is 1020. The molecule has 6 heteroatoms. The molecule has 0 atom stereocenters. The number of benzene rings is 2. The number of likely N-dealkylation sites (N-methyl/N-ethyl adjacent to an activating group) is 1. The molecule has 0 bridgehead atoms. The van der Waals surface area contributed by atoms with Crippen molar-refractivity contribution < 1.29 is 14.3 Å². The minimum Gasteiger partial charge on any atom is -0.492 e. The van der Waals surface area contributed by atoms with Gasteiger partial charge in [0.2, 0.25) is 0 Å². The second kappa shape index (κ2) is 10.4. The van der Waals surface area contributed by atoms with Gasteiger partial charge >= 0.3 is 0 Å². The molecule has 6 nitrogen and oxygen atoms in total. The molecule has 162 valence electrons. The van der Waals surface area contributed by atoms with Gasteiger partial charge in [-0.1, -0.05) is 36.4 Å². The molecule has 0 saturated carbocycles. The summed E-state index contributed by atoms with van der Waals surface area (Å²) < 4.78 is 11.4. The van der Waals surface area contributed by atoms with Crippen molar-refractivity contribution in [1.29, 1.82) is 0 Å². The number of ether oxygens (including phenoxy) is 2. The van der Waals surface area contributed by atoms with Gasteiger partial charge in [-0.3, -0.25) is 9.69 Å². The van der Waals surface area contributed by atoms with E-state index in [2.05, 4.69) is 22.2 Å². The Labute approximate surface area is 183 Å². The summed E-state index contributed by atoms with van der Waals surface area (Å²) in [4.78, 5) is 19.3. The number of carbonyl (C=O) groups excluding carboxylic acids is 1. The Morgan fingerprint density at radius 2 is 1.97 bits per heavy atom. The second-order valence-electron chi connectivity index (χ2n) is 7.89. The molecule has 1 aromatic heterocycles. The van der Waals surface area contributed by atoms with Crippen LogP contribution in [-0.4, -0.2) is 55.2 Å². The van der Waals surface area contributed by atoms with Crippen LogP contribution in [0.1, 0.15) is 28.9 Å². The van der Waals surface area contributed by atoms with Crippen LogP contribution in [0.3, 0.4) is 0 Å². The molecule has 1 N–H and O–H groups in total. The first-order valence-corrected chi connectivity index (χ1v) is 10.8. The third-order valence-electron chi connectivity index (χ3n) is 5.71. The fraction of sp³-hybridized carbons (Fsp3) is 0.360.